The molecular formula is C15H17N5O. The van der Waals surface area contributed by atoms with Gasteiger partial charge in [0.15, 0.2) is 5.82 Å². The highest BCUT2D eigenvalue weighted by molar-refractivity contribution is 5.75. The fourth-order valence-electron chi connectivity index (χ4n) is 3.05. The van der Waals surface area contributed by atoms with Crippen molar-refractivity contribution in [2.45, 2.75) is 39.0 Å². The second-order valence-corrected chi connectivity index (χ2v) is 5.40. The number of nitrogens with zero attached hydrogens (tertiary/aromatic N) is 5. The van der Waals surface area contributed by atoms with Crippen molar-refractivity contribution in [2.75, 3.05) is 0 Å². The van der Waals surface area contributed by atoms with Gasteiger partial charge in [0.25, 0.3) is 0 Å². The van der Waals surface area contributed by atoms with E-state index in [0.717, 1.165) is 35.6 Å². The lowest BCUT2D eigenvalue weighted by atomic mass is 10.2. The molecule has 0 fully saturated rings. The molecule has 1 N–H and O–H groups in total. The second kappa shape index (κ2) is 4.96. The van der Waals surface area contributed by atoms with Gasteiger partial charge < -0.3 is 14.2 Å². The molecule has 3 heterocycles. The normalized spacial score (nSPS) is 14.5. The lowest BCUT2D eigenvalue weighted by molar-refractivity contribution is 0.266. The van der Waals surface area contributed by atoms with Crippen molar-refractivity contribution in [3.63, 3.8) is 0 Å². The van der Waals surface area contributed by atoms with E-state index in [4.69, 9.17) is 0 Å². The van der Waals surface area contributed by atoms with Crippen LogP contribution in [-0.4, -0.2) is 29.4 Å². The first-order valence-electron chi connectivity index (χ1n) is 7.33. The Morgan fingerprint density at radius 3 is 2.90 bits per heavy atom. The van der Waals surface area contributed by atoms with Crippen LogP contribution < -0.4 is 0 Å². The number of para-hydroxylation sites is 2. The molecule has 0 saturated carbocycles. The molecule has 0 radical (unpaired) electrons. The molecule has 0 bridgehead atoms. The van der Waals surface area contributed by atoms with Gasteiger partial charge in [0, 0.05) is 13.0 Å². The molecule has 6 nitrogen and oxygen atoms in total. The van der Waals surface area contributed by atoms with Gasteiger partial charge in [0.2, 0.25) is 0 Å². The van der Waals surface area contributed by atoms with Crippen LogP contribution in [0.1, 0.15) is 30.3 Å². The van der Waals surface area contributed by atoms with Crippen LogP contribution in [0.15, 0.2) is 24.3 Å². The monoisotopic (exact) mass is 283 g/mol. The van der Waals surface area contributed by atoms with Crippen LogP contribution in [0.4, 0.5) is 0 Å². The molecule has 0 atom stereocenters. The van der Waals surface area contributed by atoms with Crippen molar-refractivity contribution < 1.29 is 5.11 Å². The topological polar surface area (TPSA) is 68.8 Å². The fraction of sp³-hybridized carbons (Fsp3) is 0.400. The molecule has 4 rings (SSSR count). The quantitative estimate of drug-likeness (QED) is 0.791. The Balaban J connectivity index is 1.79. The molecule has 108 valence electrons. The van der Waals surface area contributed by atoms with Crippen molar-refractivity contribution >= 4 is 11.0 Å². The van der Waals surface area contributed by atoms with E-state index in [1.54, 1.807) is 0 Å². The minimum absolute atomic E-state index is 0.0737. The zero-order valence-electron chi connectivity index (χ0n) is 11.7. The van der Waals surface area contributed by atoms with Crippen molar-refractivity contribution in [3.05, 3.63) is 41.7 Å². The highest BCUT2D eigenvalue weighted by Gasteiger charge is 2.18. The van der Waals surface area contributed by atoms with Gasteiger partial charge in [-0.3, -0.25) is 0 Å². The van der Waals surface area contributed by atoms with E-state index in [0.29, 0.717) is 12.4 Å². The Kier molecular flexibility index (Phi) is 2.96. The van der Waals surface area contributed by atoms with Crippen molar-refractivity contribution in [1.29, 1.82) is 0 Å². The maximum absolute atomic E-state index is 9.56. The van der Waals surface area contributed by atoms with Gasteiger partial charge in [-0.1, -0.05) is 12.1 Å². The molecule has 3 aromatic rings. The molecule has 6 heteroatoms. The number of rotatable bonds is 3. The highest BCUT2D eigenvalue weighted by atomic mass is 16.3. The van der Waals surface area contributed by atoms with E-state index >= 15 is 0 Å². The summed E-state index contributed by atoms with van der Waals surface area (Å²) in [4.78, 5) is 4.48. The first-order valence-corrected chi connectivity index (χ1v) is 7.33. The van der Waals surface area contributed by atoms with Gasteiger partial charge in [0.1, 0.15) is 18.3 Å². The zero-order chi connectivity index (χ0) is 14.2. The summed E-state index contributed by atoms with van der Waals surface area (Å²) >= 11 is 0. The standard InChI is InChI=1S/C15H17N5O/c21-10-15-16-11-5-1-2-6-12(11)20(15)9-14-18-17-13-7-3-4-8-19(13)14/h1-2,5-6,21H,3-4,7-10H2. The molecule has 0 spiro atoms. The Hall–Kier alpha value is -2.21. The Morgan fingerprint density at radius 2 is 2.00 bits per heavy atom. The lowest BCUT2D eigenvalue weighted by Gasteiger charge is -2.15. The Labute approximate surface area is 122 Å². The summed E-state index contributed by atoms with van der Waals surface area (Å²) in [6, 6.07) is 7.93. The van der Waals surface area contributed by atoms with Gasteiger partial charge in [-0.2, -0.15) is 0 Å². The molecular weight excluding hydrogens is 266 g/mol. The number of imidazole rings is 1. The predicted octanol–water partition coefficient (Wildman–Crippen LogP) is 1.50. The molecule has 0 unspecified atom stereocenters. The summed E-state index contributed by atoms with van der Waals surface area (Å²) in [5.74, 6) is 2.69. The van der Waals surface area contributed by atoms with Crippen LogP contribution in [0.5, 0.6) is 0 Å². The Bertz CT molecular complexity index is 789. The summed E-state index contributed by atoms with van der Waals surface area (Å²) in [5, 5.41) is 18.2. The molecule has 1 aromatic carbocycles. The summed E-state index contributed by atoms with van der Waals surface area (Å²) in [6.07, 6.45) is 3.37. The number of hydrogen-bond donors (Lipinski definition) is 1. The Morgan fingerprint density at radius 1 is 1.10 bits per heavy atom. The van der Waals surface area contributed by atoms with Crippen molar-refractivity contribution in [3.8, 4) is 0 Å². The van der Waals surface area contributed by atoms with Crippen LogP contribution in [0.3, 0.4) is 0 Å². The smallest absolute Gasteiger partial charge is 0.153 e. The van der Waals surface area contributed by atoms with Crippen molar-refractivity contribution in [2.24, 2.45) is 0 Å². The van der Waals surface area contributed by atoms with E-state index in [9.17, 15) is 5.11 Å². The average Bonchev–Trinajstić information content (AvgIpc) is 3.10. The number of aliphatic hydroxyl groups excluding tert-OH is 1. The van der Waals surface area contributed by atoms with Crippen LogP contribution >= 0.6 is 0 Å². The van der Waals surface area contributed by atoms with Gasteiger partial charge in [-0.15, -0.1) is 10.2 Å². The van der Waals surface area contributed by atoms with E-state index in [-0.39, 0.29) is 6.61 Å². The van der Waals surface area contributed by atoms with E-state index < -0.39 is 0 Å². The maximum Gasteiger partial charge on any atom is 0.153 e. The van der Waals surface area contributed by atoms with Crippen LogP contribution in [0.2, 0.25) is 0 Å². The lowest BCUT2D eigenvalue weighted by Crippen LogP contribution is -2.16. The highest BCUT2D eigenvalue weighted by Crippen LogP contribution is 2.20. The fourth-order valence-corrected chi connectivity index (χ4v) is 3.05. The van der Waals surface area contributed by atoms with E-state index in [2.05, 4.69) is 19.7 Å². The molecule has 1 aliphatic rings. The maximum atomic E-state index is 9.56. The average molecular weight is 283 g/mol. The molecule has 21 heavy (non-hydrogen) atoms. The number of aliphatic hydroxyl groups is 1. The summed E-state index contributed by atoms with van der Waals surface area (Å²) in [7, 11) is 0. The number of aryl methyl sites for hydroxylation is 1. The number of aromatic nitrogens is 5. The number of fused-ring (bicyclic) bond motifs is 2. The van der Waals surface area contributed by atoms with Gasteiger partial charge in [-0.05, 0) is 25.0 Å². The molecule has 0 saturated heterocycles. The van der Waals surface area contributed by atoms with Crippen LogP contribution in [0, 0.1) is 0 Å². The third-order valence-electron chi connectivity index (χ3n) is 4.11. The predicted molar refractivity (Wildman–Crippen MR) is 77.7 cm³/mol. The van der Waals surface area contributed by atoms with Crippen LogP contribution in [0.25, 0.3) is 11.0 Å². The van der Waals surface area contributed by atoms with Gasteiger partial charge in [-0.25, -0.2) is 4.98 Å². The second-order valence-electron chi connectivity index (χ2n) is 5.40. The van der Waals surface area contributed by atoms with E-state index in [1.165, 1.54) is 12.8 Å². The summed E-state index contributed by atoms with van der Waals surface area (Å²) in [6.45, 7) is 1.51. The van der Waals surface area contributed by atoms with Gasteiger partial charge in [0.05, 0.1) is 17.6 Å². The zero-order valence-corrected chi connectivity index (χ0v) is 11.7. The molecule has 2 aromatic heterocycles. The summed E-state index contributed by atoms with van der Waals surface area (Å²) < 4.78 is 4.24. The van der Waals surface area contributed by atoms with Gasteiger partial charge >= 0.3 is 0 Å². The van der Waals surface area contributed by atoms with Crippen LogP contribution in [-0.2, 0) is 26.1 Å². The minimum atomic E-state index is -0.0737. The summed E-state index contributed by atoms with van der Waals surface area (Å²) in [5.41, 5.74) is 1.93. The largest absolute Gasteiger partial charge is 0.388 e. The number of benzene rings is 1. The molecule has 0 aliphatic carbocycles. The number of hydrogen-bond acceptors (Lipinski definition) is 4. The third kappa shape index (κ3) is 2.03. The first-order chi connectivity index (χ1) is 10.4. The minimum Gasteiger partial charge on any atom is -0.388 e. The first kappa shape index (κ1) is 12.5. The van der Waals surface area contributed by atoms with Crippen molar-refractivity contribution in [1.82, 2.24) is 24.3 Å². The van der Waals surface area contributed by atoms with E-state index in [1.807, 2.05) is 28.8 Å². The third-order valence-corrected chi connectivity index (χ3v) is 4.11. The molecule has 1 aliphatic heterocycles. The SMILES string of the molecule is OCc1nc2ccccc2n1Cc1nnc2n1CCCC2. The molecule has 0 amide bonds.